The average Bonchev–Trinajstić information content (AvgIpc) is 3.32. The Morgan fingerprint density at radius 2 is 1.63 bits per heavy atom. The fourth-order valence-corrected chi connectivity index (χ4v) is 7.63. The van der Waals surface area contributed by atoms with Gasteiger partial charge in [0, 0.05) is 73.2 Å². The maximum absolute atomic E-state index is 13.5. The number of aromatic nitrogens is 2. The smallest absolute Gasteiger partial charge is 0.243 e. The van der Waals surface area contributed by atoms with Gasteiger partial charge in [-0.1, -0.05) is 0 Å². The van der Waals surface area contributed by atoms with E-state index in [-0.39, 0.29) is 5.41 Å². The summed E-state index contributed by atoms with van der Waals surface area (Å²) >= 11 is 0. The number of hydrogen-bond donors (Lipinski definition) is 1. The summed E-state index contributed by atoms with van der Waals surface area (Å²) in [7, 11) is -0.331. The Labute approximate surface area is 223 Å². The predicted octanol–water partition coefficient (Wildman–Crippen LogP) is 4.32. The van der Waals surface area contributed by atoms with Crippen molar-refractivity contribution in [3.8, 4) is 11.5 Å². The van der Waals surface area contributed by atoms with Crippen LogP contribution in [-0.2, 0) is 28.5 Å². The number of nitrogens with one attached hydrogen (secondary N) is 1. The summed E-state index contributed by atoms with van der Waals surface area (Å²) in [6, 6.07) is 17.0. The number of methoxy groups -OCH3 is 2. The molecule has 38 heavy (non-hydrogen) atoms. The molecule has 2 aromatic carbocycles. The van der Waals surface area contributed by atoms with Gasteiger partial charge in [-0.25, -0.2) is 8.42 Å². The van der Waals surface area contributed by atoms with Crippen LogP contribution < -0.4 is 9.47 Å². The minimum atomic E-state index is -3.59. The van der Waals surface area contributed by atoms with Crippen molar-refractivity contribution in [1.29, 1.82) is 0 Å². The highest BCUT2D eigenvalue weighted by Crippen LogP contribution is 2.46. The van der Waals surface area contributed by atoms with E-state index in [1.807, 2.05) is 18.5 Å². The van der Waals surface area contributed by atoms with Crippen molar-refractivity contribution in [3.05, 3.63) is 83.8 Å². The summed E-state index contributed by atoms with van der Waals surface area (Å²) in [6.45, 7) is 3.44. The van der Waals surface area contributed by atoms with Crippen molar-refractivity contribution in [2.24, 2.45) is 0 Å². The minimum Gasteiger partial charge on any atom is -0.497 e. The number of nitrogens with zero attached hydrogens (tertiary/aromatic N) is 3. The first-order valence-electron chi connectivity index (χ1n) is 12.9. The van der Waals surface area contributed by atoms with Crippen molar-refractivity contribution < 1.29 is 17.9 Å². The van der Waals surface area contributed by atoms with E-state index in [9.17, 15) is 8.42 Å². The van der Waals surface area contributed by atoms with Gasteiger partial charge in [-0.3, -0.25) is 9.88 Å². The Balaban J connectivity index is 1.33. The molecule has 1 saturated heterocycles. The van der Waals surface area contributed by atoms with Crippen molar-refractivity contribution in [2.75, 3.05) is 33.9 Å². The van der Waals surface area contributed by atoms with Crippen LogP contribution in [-0.4, -0.2) is 61.4 Å². The number of aromatic amines is 1. The monoisotopic (exact) mass is 532 g/mol. The zero-order valence-corrected chi connectivity index (χ0v) is 22.5. The summed E-state index contributed by atoms with van der Waals surface area (Å²) in [5.74, 6) is 1.46. The molecule has 2 aromatic heterocycles. The van der Waals surface area contributed by atoms with E-state index in [0.717, 1.165) is 43.7 Å². The van der Waals surface area contributed by atoms with Crippen LogP contribution in [0.4, 0.5) is 0 Å². The zero-order chi connectivity index (χ0) is 26.3. The number of fused-ring (bicyclic) bond motifs is 4. The Kier molecular flexibility index (Phi) is 6.37. The molecule has 0 radical (unpaired) electrons. The van der Waals surface area contributed by atoms with Gasteiger partial charge in [0.1, 0.15) is 11.5 Å². The zero-order valence-electron chi connectivity index (χ0n) is 21.7. The van der Waals surface area contributed by atoms with Gasteiger partial charge in [0.15, 0.2) is 0 Å². The normalized spacial score (nSPS) is 17.9. The van der Waals surface area contributed by atoms with E-state index in [0.29, 0.717) is 23.7 Å². The van der Waals surface area contributed by atoms with Crippen molar-refractivity contribution in [2.45, 2.75) is 36.2 Å². The second kappa shape index (κ2) is 9.72. The molecular weight excluding hydrogens is 500 g/mol. The van der Waals surface area contributed by atoms with Gasteiger partial charge in [-0.05, 0) is 72.5 Å². The van der Waals surface area contributed by atoms with Gasteiger partial charge >= 0.3 is 0 Å². The Morgan fingerprint density at radius 3 is 2.32 bits per heavy atom. The molecule has 0 saturated carbocycles. The lowest BCUT2D eigenvalue weighted by Crippen LogP contribution is -2.52. The van der Waals surface area contributed by atoms with Crippen molar-refractivity contribution in [1.82, 2.24) is 19.2 Å². The molecule has 1 N–H and O–H groups in total. The quantitative estimate of drug-likeness (QED) is 0.398. The molecule has 6 rings (SSSR count). The van der Waals surface area contributed by atoms with E-state index in [2.05, 4.69) is 39.1 Å². The van der Waals surface area contributed by atoms with Gasteiger partial charge in [0.05, 0.1) is 19.1 Å². The summed E-state index contributed by atoms with van der Waals surface area (Å²) in [4.78, 5) is 10.6. The highest BCUT2D eigenvalue weighted by molar-refractivity contribution is 7.89. The third-order valence-corrected chi connectivity index (χ3v) is 9.97. The molecule has 8 nitrogen and oxygen atoms in total. The van der Waals surface area contributed by atoms with E-state index in [1.165, 1.54) is 22.2 Å². The highest BCUT2D eigenvalue weighted by atomic mass is 32.2. The number of piperidine rings is 1. The van der Waals surface area contributed by atoms with Crippen LogP contribution in [0.1, 0.15) is 29.7 Å². The third-order valence-electron chi connectivity index (χ3n) is 8.05. The minimum absolute atomic E-state index is 0.153. The largest absolute Gasteiger partial charge is 0.497 e. The van der Waals surface area contributed by atoms with E-state index >= 15 is 0 Å². The predicted molar refractivity (Wildman–Crippen MR) is 146 cm³/mol. The van der Waals surface area contributed by atoms with E-state index in [4.69, 9.17) is 9.47 Å². The summed E-state index contributed by atoms with van der Waals surface area (Å²) in [5, 5.41) is 1.20. The van der Waals surface area contributed by atoms with Gasteiger partial charge < -0.3 is 14.5 Å². The molecular formula is C29H32N4O4S. The fourth-order valence-electron chi connectivity index (χ4n) is 6.19. The number of pyridine rings is 1. The molecule has 4 aromatic rings. The molecule has 0 unspecified atom stereocenters. The molecule has 0 bridgehead atoms. The van der Waals surface area contributed by atoms with Crippen molar-refractivity contribution >= 4 is 20.9 Å². The Hall–Kier alpha value is -3.40. The van der Waals surface area contributed by atoms with Crippen LogP contribution in [0.5, 0.6) is 11.5 Å². The van der Waals surface area contributed by atoms with E-state index < -0.39 is 10.0 Å². The molecule has 0 amide bonds. The number of H-pyrrole nitrogens is 1. The van der Waals surface area contributed by atoms with Crippen LogP contribution in [0.3, 0.4) is 0 Å². The molecule has 198 valence electrons. The third kappa shape index (κ3) is 4.34. The fraction of sp³-hybridized carbons (Fsp3) is 0.345. The maximum Gasteiger partial charge on any atom is 0.243 e. The van der Waals surface area contributed by atoms with Crippen LogP contribution in [0.15, 0.2) is 71.9 Å². The lowest BCUT2D eigenvalue weighted by Gasteiger charge is -2.47. The first-order valence-corrected chi connectivity index (χ1v) is 14.3. The Bertz CT molecular complexity index is 1540. The topological polar surface area (TPSA) is 87.8 Å². The number of rotatable bonds is 6. The lowest BCUT2D eigenvalue weighted by atomic mass is 9.69. The van der Waals surface area contributed by atoms with Gasteiger partial charge in [0.25, 0.3) is 0 Å². The molecule has 4 heterocycles. The van der Waals surface area contributed by atoms with Crippen LogP contribution in [0.25, 0.3) is 10.9 Å². The van der Waals surface area contributed by atoms with Crippen molar-refractivity contribution in [3.63, 3.8) is 0 Å². The van der Waals surface area contributed by atoms with Crippen LogP contribution in [0.2, 0.25) is 0 Å². The highest BCUT2D eigenvalue weighted by Gasteiger charge is 2.46. The molecule has 0 atom stereocenters. The molecule has 9 heteroatoms. The molecule has 1 fully saturated rings. The Morgan fingerprint density at radius 1 is 0.947 bits per heavy atom. The standard InChI is InChI=1S/C29H32N4O4S/c1-36-22-3-6-24(7-4-22)38(34,35)33-15-11-29(12-16-33)20-32(18-21-9-13-30-14-10-21)19-27-28(29)25-8-5-23(37-2)17-26(25)31-27/h3-10,13-14,17,31H,11-12,15-16,18-20H2,1-2H3. The van der Waals surface area contributed by atoms with E-state index in [1.54, 1.807) is 42.8 Å². The van der Waals surface area contributed by atoms with Crippen LogP contribution >= 0.6 is 0 Å². The SMILES string of the molecule is COc1ccc(S(=O)(=O)N2CCC3(CC2)CN(Cc2ccncc2)Cc2[nH]c4cc(OC)ccc4c23)cc1. The summed E-state index contributed by atoms with van der Waals surface area (Å²) in [6.07, 6.45) is 5.17. The summed E-state index contributed by atoms with van der Waals surface area (Å²) < 4.78 is 39.3. The molecule has 2 aliphatic heterocycles. The first kappa shape index (κ1) is 24.9. The first-order chi connectivity index (χ1) is 18.4. The lowest BCUT2D eigenvalue weighted by molar-refractivity contribution is 0.121. The van der Waals surface area contributed by atoms with Gasteiger partial charge in [-0.15, -0.1) is 0 Å². The molecule has 1 spiro atoms. The molecule has 0 aliphatic carbocycles. The van der Waals surface area contributed by atoms with Gasteiger partial charge in [-0.2, -0.15) is 4.31 Å². The second-order valence-corrected chi connectivity index (χ2v) is 12.2. The average molecular weight is 533 g/mol. The van der Waals surface area contributed by atoms with Gasteiger partial charge in [0.2, 0.25) is 10.0 Å². The number of ether oxygens (including phenoxy) is 2. The summed E-state index contributed by atoms with van der Waals surface area (Å²) in [5.41, 5.74) is 4.67. The molecule has 2 aliphatic rings. The number of hydrogen-bond acceptors (Lipinski definition) is 6. The van der Waals surface area contributed by atoms with Crippen LogP contribution in [0, 0.1) is 0 Å². The number of benzene rings is 2. The second-order valence-electron chi connectivity index (χ2n) is 10.3. The maximum atomic E-state index is 13.5. The number of sulfonamides is 1.